The average molecular weight is 507 g/mol. The lowest BCUT2D eigenvalue weighted by Gasteiger charge is -2.22. The number of halogens is 2. The van der Waals surface area contributed by atoms with Gasteiger partial charge in [-0.05, 0) is 25.0 Å². The highest BCUT2D eigenvalue weighted by Crippen LogP contribution is 2.17. The number of hydrogen-bond donors (Lipinski definition) is 1. The van der Waals surface area contributed by atoms with E-state index in [0.717, 1.165) is 41.4 Å². The highest BCUT2D eigenvalue weighted by Gasteiger charge is 2.09. The summed E-state index contributed by atoms with van der Waals surface area (Å²) in [7, 11) is 2.03. The molecule has 0 unspecified atom stereocenters. The van der Waals surface area contributed by atoms with Gasteiger partial charge in [-0.3, -0.25) is 0 Å². The third-order valence-electron chi connectivity index (χ3n) is 3.42. The summed E-state index contributed by atoms with van der Waals surface area (Å²) >= 11 is 3.59. The summed E-state index contributed by atoms with van der Waals surface area (Å²) in [6.45, 7) is 6.18. The van der Waals surface area contributed by atoms with Crippen molar-refractivity contribution in [3.05, 3.63) is 51.8 Å². The topological polar surface area (TPSA) is 53.7 Å². The largest absolute Gasteiger partial charge is 0.359 e. The minimum Gasteiger partial charge on any atom is -0.359 e. The minimum atomic E-state index is 0. The van der Waals surface area contributed by atoms with Crippen molar-refractivity contribution in [2.45, 2.75) is 33.4 Å². The normalized spacial score (nSPS) is 11.1. The van der Waals surface area contributed by atoms with Crippen LogP contribution in [-0.2, 0) is 19.5 Å². The Hall–Kier alpha value is -1.09. The molecule has 5 nitrogen and oxygen atoms in total. The van der Waals surface area contributed by atoms with Crippen LogP contribution in [0, 0.1) is 0 Å². The number of guanidine groups is 1. The predicted molar refractivity (Wildman–Crippen MR) is 112 cm³/mol. The van der Waals surface area contributed by atoms with Crippen LogP contribution in [-0.4, -0.2) is 29.6 Å². The SMILES string of the molecule is CCNC(=NCc1cc(CC)no1)N(C)Cc1ccccc1Br.I. The number of aliphatic imine (C=N–C) groups is 1. The molecule has 1 aromatic heterocycles. The molecular formula is C17H24BrIN4O. The zero-order valence-corrected chi connectivity index (χ0v) is 18.2. The van der Waals surface area contributed by atoms with Gasteiger partial charge in [0.25, 0.3) is 0 Å². The Labute approximate surface area is 169 Å². The van der Waals surface area contributed by atoms with Crippen LogP contribution < -0.4 is 5.32 Å². The minimum absolute atomic E-state index is 0. The molecule has 7 heteroatoms. The van der Waals surface area contributed by atoms with E-state index in [1.54, 1.807) is 0 Å². The molecule has 0 amide bonds. The molecule has 0 atom stereocenters. The van der Waals surface area contributed by atoms with E-state index >= 15 is 0 Å². The molecule has 0 aliphatic carbocycles. The molecular weight excluding hydrogens is 483 g/mol. The molecule has 2 aromatic rings. The third-order valence-corrected chi connectivity index (χ3v) is 4.19. The molecule has 0 aliphatic heterocycles. The van der Waals surface area contributed by atoms with Crippen LogP contribution >= 0.6 is 39.9 Å². The monoisotopic (exact) mass is 506 g/mol. The second-order valence-corrected chi connectivity index (χ2v) is 6.11. The third kappa shape index (κ3) is 6.08. The van der Waals surface area contributed by atoms with Crippen LogP contribution in [0.4, 0.5) is 0 Å². The number of aromatic nitrogens is 1. The van der Waals surface area contributed by atoms with Crippen molar-refractivity contribution in [2.24, 2.45) is 4.99 Å². The number of rotatable bonds is 6. The Morgan fingerprint density at radius 1 is 1.33 bits per heavy atom. The standard InChI is InChI=1S/C17H23BrN4O.HI/c1-4-14-10-15(23-21-14)11-20-17(19-5-2)22(3)12-13-8-6-7-9-16(13)18;/h6-10H,4-5,11-12H2,1-3H3,(H,19,20);1H. The summed E-state index contributed by atoms with van der Waals surface area (Å²) < 4.78 is 6.39. The van der Waals surface area contributed by atoms with Crippen LogP contribution in [0.2, 0.25) is 0 Å². The fourth-order valence-electron chi connectivity index (χ4n) is 2.18. The summed E-state index contributed by atoms with van der Waals surface area (Å²) in [5, 5.41) is 7.31. The van der Waals surface area contributed by atoms with Gasteiger partial charge in [0.15, 0.2) is 11.7 Å². The average Bonchev–Trinajstić information content (AvgIpc) is 3.01. The van der Waals surface area contributed by atoms with Gasteiger partial charge in [0.2, 0.25) is 0 Å². The summed E-state index contributed by atoms with van der Waals surface area (Å²) in [5.41, 5.74) is 2.18. The maximum absolute atomic E-state index is 5.29. The number of hydrogen-bond acceptors (Lipinski definition) is 3. The van der Waals surface area contributed by atoms with E-state index in [9.17, 15) is 0 Å². The molecule has 132 valence electrons. The number of nitrogens with one attached hydrogen (secondary N) is 1. The number of nitrogens with zero attached hydrogens (tertiary/aromatic N) is 3. The van der Waals surface area contributed by atoms with E-state index in [-0.39, 0.29) is 24.0 Å². The molecule has 0 bridgehead atoms. The summed E-state index contributed by atoms with van der Waals surface area (Å²) in [5.74, 6) is 1.63. The highest BCUT2D eigenvalue weighted by molar-refractivity contribution is 14.0. The lowest BCUT2D eigenvalue weighted by Crippen LogP contribution is -2.38. The first kappa shape index (κ1) is 21.0. The Balaban J connectivity index is 0.00000288. The van der Waals surface area contributed by atoms with Gasteiger partial charge < -0.3 is 14.7 Å². The molecule has 1 aromatic carbocycles. The molecule has 0 aliphatic rings. The number of aryl methyl sites for hydroxylation is 1. The Bertz CT molecular complexity index is 660. The van der Waals surface area contributed by atoms with Crippen molar-refractivity contribution < 1.29 is 4.52 Å². The van der Waals surface area contributed by atoms with Crippen molar-refractivity contribution >= 4 is 45.9 Å². The second kappa shape index (κ2) is 10.7. The van der Waals surface area contributed by atoms with E-state index in [1.165, 1.54) is 5.56 Å². The van der Waals surface area contributed by atoms with E-state index in [1.807, 2.05) is 31.3 Å². The first-order valence-corrected chi connectivity index (χ1v) is 8.60. The zero-order chi connectivity index (χ0) is 16.7. The van der Waals surface area contributed by atoms with Gasteiger partial charge in [0.1, 0.15) is 6.54 Å². The van der Waals surface area contributed by atoms with Crippen LogP contribution in [0.15, 0.2) is 44.3 Å². The molecule has 1 heterocycles. The summed E-state index contributed by atoms with van der Waals surface area (Å²) in [6.07, 6.45) is 0.870. The molecule has 0 saturated heterocycles. The molecule has 2 rings (SSSR count). The molecule has 0 radical (unpaired) electrons. The van der Waals surface area contributed by atoms with Crippen molar-refractivity contribution in [1.82, 2.24) is 15.4 Å². The second-order valence-electron chi connectivity index (χ2n) is 5.26. The maximum atomic E-state index is 5.29. The molecule has 0 saturated carbocycles. The zero-order valence-electron chi connectivity index (χ0n) is 14.3. The maximum Gasteiger partial charge on any atom is 0.194 e. The van der Waals surface area contributed by atoms with Crippen LogP contribution in [0.25, 0.3) is 0 Å². The Kier molecular flexibility index (Phi) is 9.35. The van der Waals surface area contributed by atoms with Gasteiger partial charge in [0.05, 0.1) is 5.69 Å². The van der Waals surface area contributed by atoms with Gasteiger partial charge in [-0.2, -0.15) is 0 Å². The molecule has 0 spiro atoms. The van der Waals surface area contributed by atoms with Crippen molar-refractivity contribution in [3.63, 3.8) is 0 Å². The smallest absolute Gasteiger partial charge is 0.194 e. The predicted octanol–water partition coefficient (Wildman–Crippen LogP) is 4.22. The first-order valence-electron chi connectivity index (χ1n) is 7.81. The van der Waals surface area contributed by atoms with E-state index < -0.39 is 0 Å². The van der Waals surface area contributed by atoms with Gasteiger partial charge in [-0.15, -0.1) is 24.0 Å². The summed E-state index contributed by atoms with van der Waals surface area (Å²) in [6, 6.07) is 10.2. The van der Waals surface area contributed by atoms with E-state index in [2.05, 4.69) is 56.2 Å². The van der Waals surface area contributed by atoms with Gasteiger partial charge in [0, 0.05) is 30.7 Å². The van der Waals surface area contributed by atoms with Crippen molar-refractivity contribution in [1.29, 1.82) is 0 Å². The van der Waals surface area contributed by atoms with Gasteiger partial charge in [-0.25, -0.2) is 4.99 Å². The summed E-state index contributed by atoms with van der Waals surface area (Å²) in [4.78, 5) is 6.74. The highest BCUT2D eigenvalue weighted by atomic mass is 127. The van der Waals surface area contributed by atoms with Crippen LogP contribution in [0.5, 0.6) is 0 Å². The fraction of sp³-hybridized carbons (Fsp3) is 0.412. The lowest BCUT2D eigenvalue weighted by atomic mass is 10.2. The quantitative estimate of drug-likeness (QED) is 0.362. The van der Waals surface area contributed by atoms with Crippen molar-refractivity contribution in [2.75, 3.05) is 13.6 Å². The van der Waals surface area contributed by atoms with Crippen molar-refractivity contribution in [3.8, 4) is 0 Å². The van der Waals surface area contributed by atoms with Crippen LogP contribution in [0.3, 0.4) is 0 Å². The van der Waals surface area contributed by atoms with E-state index in [0.29, 0.717) is 6.54 Å². The van der Waals surface area contributed by atoms with Gasteiger partial charge in [-0.1, -0.05) is 46.2 Å². The Morgan fingerprint density at radius 3 is 2.71 bits per heavy atom. The molecule has 0 fully saturated rings. The molecule has 1 N–H and O–H groups in total. The Morgan fingerprint density at radius 2 is 2.08 bits per heavy atom. The lowest BCUT2D eigenvalue weighted by molar-refractivity contribution is 0.378. The number of benzene rings is 1. The first-order chi connectivity index (χ1) is 11.1. The van der Waals surface area contributed by atoms with E-state index in [4.69, 9.17) is 4.52 Å². The molecule has 24 heavy (non-hydrogen) atoms. The fourth-order valence-corrected chi connectivity index (χ4v) is 2.59. The van der Waals surface area contributed by atoms with Gasteiger partial charge >= 0.3 is 0 Å². The van der Waals surface area contributed by atoms with Crippen LogP contribution in [0.1, 0.15) is 30.9 Å².